The first kappa shape index (κ1) is 32.9. The molecule has 7 heteroatoms. The zero-order valence-electron chi connectivity index (χ0n) is 25.7. The molecule has 3 unspecified atom stereocenters. The van der Waals surface area contributed by atoms with Gasteiger partial charge in [0.05, 0.1) is 0 Å². The molecule has 0 radical (unpaired) electrons. The van der Waals surface area contributed by atoms with Crippen LogP contribution < -0.4 is 10.6 Å². The molecule has 3 amide bonds. The van der Waals surface area contributed by atoms with Crippen molar-refractivity contribution >= 4 is 23.6 Å². The van der Waals surface area contributed by atoms with Gasteiger partial charge in [0.25, 0.3) is 5.91 Å². The van der Waals surface area contributed by atoms with Crippen LogP contribution in [0.5, 0.6) is 0 Å². The molecule has 0 spiro atoms. The summed E-state index contributed by atoms with van der Waals surface area (Å²) in [5.41, 5.74) is 2.66. The Morgan fingerprint density at radius 1 is 0.900 bits per heavy atom. The van der Waals surface area contributed by atoms with Crippen LogP contribution in [0.15, 0.2) is 48.5 Å². The minimum Gasteiger partial charge on any atom is -0.444 e. The lowest BCUT2D eigenvalue weighted by Gasteiger charge is -2.36. The summed E-state index contributed by atoms with van der Waals surface area (Å²) in [6, 6.07) is 13.5. The Labute approximate surface area is 241 Å². The Morgan fingerprint density at radius 3 is 2.08 bits per heavy atom. The predicted molar refractivity (Wildman–Crippen MR) is 162 cm³/mol. The van der Waals surface area contributed by atoms with E-state index in [1.807, 2.05) is 76.2 Å². The van der Waals surface area contributed by atoms with Gasteiger partial charge >= 0.3 is 6.09 Å². The number of unbranched alkanes of at least 4 members (excludes halogenated alkanes) is 3. The zero-order chi connectivity index (χ0) is 29.9. The molecule has 0 aromatic heterocycles. The molecule has 7 nitrogen and oxygen atoms in total. The summed E-state index contributed by atoms with van der Waals surface area (Å²) in [5.74, 6) is -0.744. The van der Waals surface area contributed by atoms with Crippen LogP contribution in [0.4, 0.5) is 10.5 Å². The van der Waals surface area contributed by atoms with Crippen LogP contribution in [0, 0.1) is 19.8 Å². The maximum atomic E-state index is 14.4. The first-order chi connectivity index (χ1) is 18.9. The van der Waals surface area contributed by atoms with Crippen molar-refractivity contribution in [2.75, 3.05) is 11.9 Å². The lowest BCUT2D eigenvalue weighted by atomic mass is 9.95. The second-order valence-electron chi connectivity index (χ2n) is 11.7. The molecule has 2 rings (SSSR count). The monoisotopic (exact) mass is 551 g/mol. The van der Waals surface area contributed by atoms with Crippen LogP contribution in [0.25, 0.3) is 0 Å². The molecule has 2 aromatic rings. The molecule has 0 aliphatic heterocycles. The van der Waals surface area contributed by atoms with E-state index >= 15 is 0 Å². The molecule has 0 aliphatic carbocycles. The van der Waals surface area contributed by atoms with E-state index in [1.165, 1.54) is 0 Å². The molecule has 0 aliphatic rings. The SMILES string of the molecule is CCCCCCN(C(=O)C(NC(=O)OC(C)(C)C)C(C)CC)C(C(=O)Nc1c(C)cccc1C)c1ccccc1. The van der Waals surface area contributed by atoms with E-state index < -0.39 is 23.8 Å². The van der Waals surface area contributed by atoms with E-state index in [-0.39, 0.29) is 17.7 Å². The highest BCUT2D eigenvalue weighted by Gasteiger charge is 2.38. The highest BCUT2D eigenvalue weighted by molar-refractivity contribution is 6.00. The number of nitrogens with one attached hydrogen (secondary N) is 2. The van der Waals surface area contributed by atoms with Crippen LogP contribution in [-0.4, -0.2) is 41.0 Å². The van der Waals surface area contributed by atoms with Gasteiger partial charge in [0.1, 0.15) is 17.7 Å². The van der Waals surface area contributed by atoms with E-state index in [0.717, 1.165) is 48.1 Å². The number of carbonyl (C=O) groups excluding carboxylic acids is 3. The Kier molecular flexibility index (Phi) is 12.7. The number of nitrogens with zero attached hydrogens (tertiary/aromatic N) is 1. The molecular weight excluding hydrogens is 502 g/mol. The molecule has 0 bridgehead atoms. The molecule has 0 saturated heterocycles. The third-order valence-corrected chi connectivity index (χ3v) is 7.09. The largest absolute Gasteiger partial charge is 0.444 e. The number of benzene rings is 2. The summed E-state index contributed by atoms with van der Waals surface area (Å²) in [5, 5.41) is 5.96. The van der Waals surface area contributed by atoms with Crippen LogP contribution in [0.1, 0.15) is 96.4 Å². The average Bonchev–Trinajstić information content (AvgIpc) is 2.90. The third kappa shape index (κ3) is 9.68. The fraction of sp³-hybridized carbons (Fsp3) is 0.545. The molecule has 3 atom stereocenters. The molecule has 2 aromatic carbocycles. The first-order valence-electron chi connectivity index (χ1n) is 14.6. The minimum absolute atomic E-state index is 0.170. The van der Waals surface area contributed by atoms with Crippen molar-refractivity contribution in [3.8, 4) is 0 Å². The highest BCUT2D eigenvalue weighted by Crippen LogP contribution is 2.28. The number of carbonyl (C=O) groups is 3. The van der Waals surface area contributed by atoms with E-state index in [2.05, 4.69) is 17.6 Å². The van der Waals surface area contributed by atoms with Gasteiger partial charge in [-0.05, 0) is 63.6 Å². The summed E-state index contributed by atoms with van der Waals surface area (Å²) >= 11 is 0. The van der Waals surface area contributed by atoms with Crippen LogP contribution >= 0.6 is 0 Å². The van der Waals surface area contributed by atoms with E-state index in [0.29, 0.717) is 13.0 Å². The number of aryl methyl sites for hydroxylation is 2. The van der Waals surface area contributed by atoms with Gasteiger partial charge in [-0.15, -0.1) is 0 Å². The summed E-state index contributed by atoms with van der Waals surface area (Å²) in [7, 11) is 0. The fourth-order valence-electron chi connectivity index (χ4n) is 4.68. The number of hydrogen-bond acceptors (Lipinski definition) is 4. The second kappa shape index (κ2) is 15.4. The number of amides is 3. The maximum absolute atomic E-state index is 14.4. The van der Waals surface area contributed by atoms with Gasteiger partial charge in [0, 0.05) is 12.2 Å². The Morgan fingerprint density at radius 2 is 1.52 bits per heavy atom. The number of hydrogen-bond donors (Lipinski definition) is 2. The minimum atomic E-state index is -0.874. The predicted octanol–water partition coefficient (Wildman–Crippen LogP) is 7.33. The molecule has 2 N–H and O–H groups in total. The Balaban J connectivity index is 2.55. The number of para-hydroxylation sites is 1. The normalized spacial score (nSPS) is 13.6. The maximum Gasteiger partial charge on any atom is 0.408 e. The molecule has 220 valence electrons. The molecule has 0 saturated carbocycles. The molecule has 0 heterocycles. The highest BCUT2D eigenvalue weighted by atomic mass is 16.6. The number of anilines is 1. The smallest absolute Gasteiger partial charge is 0.408 e. The van der Waals surface area contributed by atoms with Gasteiger partial charge in [-0.3, -0.25) is 9.59 Å². The van der Waals surface area contributed by atoms with Crippen molar-refractivity contribution in [1.82, 2.24) is 10.2 Å². The van der Waals surface area contributed by atoms with Crippen LogP contribution in [-0.2, 0) is 14.3 Å². The zero-order valence-corrected chi connectivity index (χ0v) is 25.7. The Hall–Kier alpha value is -3.35. The quantitative estimate of drug-likeness (QED) is 0.255. The summed E-state index contributed by atoms with van der Waals surface area (Å²) in [6.45, 7) is 15.7. The van der Waals surface area contributed by atoms with Gasteiger partial charge in [0.2, 0.25) is 5.91 Å². The second-order valence-corrected chi connectivity index (χ2v) is 11.7. The van der Waals surface area contributed by atoms with Gasteiger partial charge < -0.3 is 20.3 Å². The Bertz CT molecular complexity index is 1090. The van der Waals surface area contributed by atoms with Crippen LogP contribution in [0.2, 0.25) is 0 Å². The number of ether oxygens (including phenoxy) is 1. The van der Waals surface area contributed by atoms with E-state index in [1.54, 1.807) is 25.7 Å². The van der Waals surface area contributed by atoms with Gasteiger partial charge in [-0.1, -0.05) is 95.0 Å². The van der Waals surface area contributed by atoms with Gasteiger partial charge in [0.15, 0.2) is 0 Å². The summed E-state index contributed by atoms with van der Waals surface area (Å²) in [6.07, 6.45) is 3.80. The molecule has 0 fully saturated rings. The van der Waals surface area contributed by atoms with Crippen molar-refractivity contribution in [3.05, 3.63) is 65.2 Å². The van der Waals surface area contributed by atoms with Crippen molar-refractivity contribution in [3.63, 3.8) is 0 Å². The fourth-order valence-corrected chi connectivity index (χ4v) is 4.68. The third-order valence-electron chi connectivity index (χ3n) is 7.09. The summed E-state index contributed by atoms with van der Waals surface area (Å²) < 4.78 is 5.50. The topological polar surface area (TPSA) is 87.7 Å². The van der Waals surface area contributed by atoms with Crippen molar-refractivity contribution < 1.29 is 19.1 Å². The number of rotatable bonds is 13. The lowest BCUT2D eigenvalue weighted by molar-refractivity contribution is -0.142. The van der Waals surface area contributed by atoms with Crippen molar-refractivity contribution in [2.24, 2.45) is 5.92 Å². The molecular formula is C33H49N3O4. The van der Waals surface area contributed by atoms with E-state index in [4.69, 9.17) is 4.74 Å². The average molecular weight is 552 g/mol. The van der Waals surface area contributed by atoms with Crippen molar-refractivity contribution in [2.45, 2.75) is 105 Å². The first-order valence-corrected chi connectivity index (χ1v) is 14.6. The van der Waals surface area contributed by atoms with E-state index in [9.17, 15) is 14.4 Å². The van der Waals surface area contributed by atoms with Gasteiger partial charge in [-0.25, -0.2) is 4.79 Å². The summed E-state index contributed by atoms with van der Waals surface area (Å²) in [4.78, 5) is 43.0. The standard InChI is InChI=1S/C33H49N3O4/c1-9-11-12-16-22-36(31(38)28(23(3)10-2)35-32(39)40-33(6,7)8)29(26-20-14-13-15-21-26)30(37)34-27-24(4)18-17-19-25(27)5/h13-15,17-21,23,28-29H,9-12,16,22H2,1-8H3,(H,34,37)(H,35,39). The number of alkyl carbamates (subject to hydrolysis) is 1. The molecule has 40 heavy (non-hydrogen) atoms. The lowest BCUT2D eigenvalue weighted by Crippen LogP contribution is -2.55. The van der Waals surface area contributed by atoms with Crippen molar-refractivity contribution in [1.29, 1.82) is 0 Å². The van der Waals surface area contributed by atoms with Crippen LogP contribution in [0.3, 0.4) is 0 Å². The van der Waals surface area contributed by atoms with Gasteiger partial charge in [-0.2, -0.15) is 0 Å².